The highest BCUT2D eigenvalue weighted by atomic mass is 16.5. The van der Waals surface area contributed by atoms with Crippen LogP contribution in [0.15, 0.2) is 0 Å². The Hall–Kier alpha value is -1.39. The molecule has 0 spiro atoms. The molecule has 5 nitrogen and oxygen atoms in total. The molecule has 0 saturated carbocycles. The van der Waals surface area contributed by atoms with Crippen molar-refractivity contribution in [3.63, 3.8) is 0 Å². The molecule has 0 aliphatic rings. The predicted octanol–water partition coefficient (Wildman–Crippen LogP) is -0.0723. The second-order valence-corrected chi connectivity index (χ2v) is 2.54. The fourth-order valence-electron chi connectivity index (χ4n) is 0.760. The number of Topliss-reactive ketones (excluding diaryl/α,β-unsaturated/α-hetero) is 1. The minimum atomic E-state index is -0.934. The van der Waals surface area contributed by atoms with E-state index in [0.717, 1.165) is 7.11 Å². The Morgan fingerprint density at radius 2 is 1.69 bits per heavy atom. The predicted molar refractivity (Wildman–Crippen MR) is 42.8 cm³/mol. The van der Waals surface area contributed by atoms with Crippen LogP contribution in [0.2, 0.25) is 0 Å². The lowest BCUT2D eigenvalue weighted by Crippen LogP contribution is -2.22. The summed E-state index contributed by atoms with van der Waals surface area (Å²) < 4.78 is 8.57. The molecular weight excluding hydrogens is 176 g/mol. The second kappa shape index (κ2) is 5.29. The highest BCUT2D eigenvalue weighted by molar-refractivity contribution is 6.33. The third kappa shape index (κ3) is 3.68. The number of carbonyl (C=O) groups is 3. The van der Waals surface area contributed by atoms with Gasteiger partial charge in [-0.1, -0.05) is 6.92 Å². The maximum atomic E-state index is 10.9. The molecule has 0 rings (SSSR count). The molecule has 0 fully saturated rings. The highest BCUT2D eigenvalue weighted by Gasteiger charge is 2.22. The normalized spacial score (nSPS) is 11.6. The van der Waals surface area contributed by atoms with Crippen LogP contribution in [0.5, 0.6) is 0 Å². The Labute approximate surface area is 76.0 Å². The standard InChI is InChI=1S/C8H12O5/c1-5(7(10)12-2)4-6(9)8(11)13-3/h5H,4H2,1-3H3. The molecule has 0 aliphatic carbocycles. The first kappa shape index (κ1) is 11.6. The number of methoxy groups -OCH3 is 2. The Bertz CT molecular complexity index is 221. The van der Waals surface area contributed by atoms with E-state index in [9.17, 15) is 14.4 Å². The summed E-state index contributed by atoms with van der Waals surface area (Å²) >= 11 is 0. The molecule has 74 valence electrons. The van der Waals surface area contributed by atoms with E-state index in [-0.39, 0.29) is 6.42 Å². The van der Waals surface area contributed by atoms with Crippen LogP contribution in [0.1, 0.15) is 13.3 Å². The Kier molecular flexibility index (Phi) is 4.72. The lowest BCUT2D eigenvalue weighted by molar-refractivity contribution is -0.154. The molecule has 5 heteroatoms. The summed E-state index contributed by atoms with van der Waals surface area (Å²) in [5.41, 5.74) is 0. The van der Waals surface area contributed by atoms with E-state index in [1.165, 1.54) is 14.0 Å². The number of esters is 2. The Morgan fingerprint density at radius 1 is 1.15 bits per heavy atom. The Balaban J connectivity index is 4.06. The number of ketones is 1. The summed E-state index contributed by atoms with van der Waals surface area (Å²) in [5.74, 6) is -2.79. The average Bonchev–Trinajstić information content (AvgIpc) is 2.14. The number of ether oxygens (including phenoxy) is 2. The van der Waals surface area contributed by atoms with E-state index < -0.39 is 23.6 Å². The minimum absolute atomic E-state index is 0.181. The largest absolute Gasteiger partial charge is 0.469 e. The zero-order valence-electron chi connectivity index (χ0n) is 7.83. The highest BCUT2D eigenvalue weighted by Crippen LogP contribution is 2.05. The van der Waals surface area contributed by atoms with Gasteiger partial charge in [-0.3, -0.25) is 9.59 Å². The van der Waals surface area contributed by atoms with Crippen molar-refractivity contribution >= 4 is 17.7 Å². The molecule has 1 atom stereocenters. The number of hydrogen-bond acceptors (Lipinski definition) is 5. The maximum Gasteiger partial charge on any atom is 0.374 e. The van der Waals surface area contributed by atoms with Crippen LogP contribution in [-0.2, 0) is 23.9 Å². The summed E-state index contributed by atoms with van der Waals surface area (Å²) in [6.45, 7) is 1.51. The zero-order valence-corrected chi connectivity index (χ0v) is 7.83. The Morgan fingerprint density at radius 3 is 2.08 bits per heavy atom. The van der Waals surface area contributed by atoms with Crippen molar-refractivity contribution in [1.82, 2.24) is 0 Å². The molecule has 0 aromatic heterocycles. The quantitative estimate of drug-likeness (QED) is 0.456. The van der Waals surface area contributed by atoms with E-state index in [0.29, 0.717) is 0 Å². The summed E-state index contributed by atoms with van der Waals surface area (Å²) in [7, 11) is 2.34. The van der Waals surface area contributed by atoms with E-state index in [1.807, 2.05) is 0 Å². The fraction of sp³-hybridized carbons (Fsp3) is 0.625. The van der Waals surface area contributed by atoms with Crippen molar-refractivity contribution < 1.29 is 23.9 Å². The number of hydrogen-bond donors (Lipinski definition) is 0. The summed E-state index contributed by atoms with van der Waals surface area (Å²) in [5, 5.41) is 0. The molecule has 0 aliphatic heterocycles. The van der Waals surface area contributed by atoms with Gasteiger partial charge in [0.25, 0.3) is 0 Å². The molecule has 0 aromatic carbocycles. The van der Waals surface area contributed by atoms with Gasteiger partial charge in [-0.2, -0.15) is 0 Å². The molecule has 0 saturated heterocycles. The first-order valence-electron chi connectivity index (χ1n) is 3.71. The van der Waals surface area contributed by atoms with Crippen LogP contribution >= 0.6 is 0 Å². The van der Waals surface area contributed by atoms with Gasteiger partial charge in [-0.05, 0) is 0 Å². The van der Waals surface area contributed by atoms with Gasteiger partial charge in [0.1, 0.15) is 0 Å². The lowest BCUT2D eigenvalue weighted by Gasteiger charge is -2.06. The van der Waals surface area contributed by atoms with E-state index in [4.69, 9.17) is 0 Å². The van der Waals surface area contributed by atoms with Gasteiger partial charge in [0.15, 0.2) is 0 Å². The van der Waals surface area contributed by atoms with Gasteiger partial charge in [-0.15, -0.1) is 0 Å². The van der Waals surface area contributed by atoms with E-state index in [1.54, 1.807) is 0 Å². The van der Waals surface area contributed by atoms with Gasteiger partial charge < -0.3 is 9.47 Å². The summed E-state index contributed by atoms with van der Waals surface area (Å²) in [4.78, 5) is 32.4. The maximum absolute atomic E-state index is 10.9. The zero-order chi connectivity index (χ0) is 10.4. The molecule has 13 heavy (non-hydrogen) atoms. The molecule has 0 bridgehead atoms. The van der Waals surface area contributed by atoms with Crippen LogP contribution in [0, 0.1) is 5.92 Å². The third-order valence-corrected chi connectivity index (χ3v) is 1.51. The number of rotatable bonds is 4. The van der Waals surface area contributed by atoms with Crippen molar-refractivity contribution in [1.29, 1.82) is 0 Å². The smallest absolute Gasteiger partial charge is 0.374 e. The van der Waals surface area contributed by atoms with Crippen molar-refractivity contribution in [2.45, 2.75) is 13.3 Å². The van der Waals surface area contributed by atoms with Gasteiger partial charge >= 0.3 is 11.9 Å². The monoisotopic (exact) mass is 188 g/mol. The van der Waals surface area contributed by atoms with Crippen LogP contribution in [0.4, 0.5) is 0 Å². The molecule has 0 N–H and O–H groups in total. The average molecular weight is 188 g/mol. The molecule has 0 amide bonds. The lowest BCUT2D eigenvalue weighted by atomic mass is 10.1. The van der Waals surface area contributed by atoms with Gasteiger partial charge in [0.2, 0.25) is 5.78 Å². The van der Waals surface area contributed by atoms with Gasteiger partial charge in [0.05, 0.1) is 20.1 Å². The van der Waals surface area contributed by atoms with Crippen molar-refractivity contribution in [2.75, 3.05) is 14.2 Å². The summed E-state index contributed by atoms with van der Waals surface area (Å²) in [6.07, 6.45) is -0.181. The SMILES string of the molecule is COC(=O)C(=O)CC(C)C(=O)OC. The van der Waals surface area contributed by atoms with Gasteiger partial charge in [0, 0.05) is 6.42 Å². The first-order chi connectivity index (χ1) is 6.02. The molecule has 0 aromatic rings. The van der Waals surface area contributed by atoms with Crippen LogP contribution < -0.4 is 0 Å². The van der Waals surface area contributed by atoms with E-state index >= 15 is 0 Å². The second-order valence-electron chi connectivity index (χ2n) is 2.54. The topological polar surface area (TPSA) is 69.7 Å². The fourth-order valence-corrected chi connectivity index (χ4v) is 0.760. The third-order valence-electron chi connectivity index (χ3n) is 1.51. The van der Waals surface area contributed by atoms with Crippen molar-refractivity contribution in [2.24, 2.45) is 5.92 Å². The van der Waals surface area contributed by atoms with Crippen LogP contribution in [-0.4, -0.2) is 31.9 Å². The van der Waals surface area contributed by atoms with Gasteiger partial charge in [-0.25, -0.2) is 4.79 Å². The van der Waals surface area contributed by atoms with Crippen molar-refractivity contribution in [3.05, 3.63) is 0 Å². The van der Waals surface area contributed by atoms with Crippen LogP contribution in [0.25, 0.3) is 0 Å². The molecule has 0 heterocycles. The number of carbonyl (C=O) groups excluding carboxylic acids is 3. The van der Waals surface area contributed by atoms with Crippen molar-refractivity contribution in [3.8, 4) is 0 Å². The minimum Gasteiger partial charge on any atom is -0.469 e. The molecule has 0 radical (unpaired) electrons. The molecular formula is C8H12O5. The van der Waals surface area contributed by atoms with Crippen LogP contribution in [0.3, 0.4) is 0 Å². The summed E-state index contributed by atoms with van der Waals surface area (Å²) in [6, 6.07) is 0. The first-order valence-corrected chi connectivity index (χ1v) is 3.71. The van der Waals surface area contributed by atoms with E-state index in [2.05, 4.69) is 9.47 Å². The molecule has 1 unspecified atom stereocenters.